The Hall–Kier alpha value is -2.04. The van der Waals surface area contributed by atoms with Crippen LogP contribution in [0, 0.1) is 12.7 Å². The van der Waals surface area contributed by atoms with E-state index < -0.39 is 11.6 Å². The second-order valence-electron chi connectivity index (χ2n) is 3.39. The van der Waals surface area contributed by atoms with Crippen molar-refractivity contribution in [3.63, 3.8) is 0 Å². The van der Waals surface area contributed by atoms with E-state index in [1.807, 2.05) is 0 Å². The smallest absolute Gasteiger partial charge is 0.255 e. The fraction of sp³-hybridized carbons (Fsp3) is 0.182. The molecule has 0 bridgehead atoms. The first-order valence-corrected chi connectivity index (χ1v) is 4.69. The van der Waals surface area contributed by atoms with Gasteiger partial charge in [-0.2, -0.15) is 4.39 Å². The fourth-order valence-electron chi connectivity index (χ4n) is 1.64. The summed E-state index contributed by atoms with van der Waals surface area (Å²) < 4.78 is 18.6. The van der Waals surface area contributed by atoms with Crippen LogP contribution in [0.2, 0.25) is 0 Å². The van der Waals surface area contributed by atoms with E-state index in [4.69, 9.17) is 4.42 Å². The molecule has 2 rings (SSSR count). The summed E-state index contributed by atoms with van der Waals surface area (Å²) in [6.07, 6.45) is 0. The molecule has 2 aromatic rings. The Balaban J connectivity index is 2.82. The SMILES string of the molecule is CNC(=O)c1c(C)oc2c(F)c(O)ccc12. The quantitative estimate of drug-likeness (QED) is 0.776. The third-order valence-electron chi connectivity index (χ3n) is 2.41. The zero-order valence-corrected chi connectivity index (χ0v) is 8.80. The molecule has 0 unspecified atom stereocenters. The van der Waals surface area contributed by atoms with Crippen LogP contribution in [0.3, 0.4) is 0 Å². The molecule has 0 saturated heterocycles. The van der Waals surface area contributed by atoms with Crippen LogP contribution in [0.25, 0.3) is 11.0 Å². The number of hydrogen-bond acceptors (Lipinski definition) is 3. The lowest BCUT2D eigenvalue weighted by molar-refractivity contribution is 0.0963. The average Bonchev–Trinajstić information content (AvgIpc) is 2.60. The molecule has 1 amide bonds. The number of benzene rings is 1. The van der Waals surface area contributed by atoms with Crippen LogP contribution < -0.4 is 5.32 Å². The maximum atomic E-state index is 13.5. The van der Waals surface area contributed by atoms with Crippen molar-refractivity contribution in [2.24, 2.45) is 0 Å². The maximum absolute atomic E-state index is 13.5. The number of nitrogens with one attached hydrogen (secondary N) is 1. The second kappa shape index (κ2) is 3.52. The molecule has 0 saturated carbocycles. The van der Waals surface area contributed by atoms with Gasteiger partial charge in [0, 0.05) is 12.4 Å². The number of hydrogen-bond donors (Lipinski definition) is 2. The van der Waals surface area contributed by atoms with Crippen molar-refractivity contribution in [3.05, 3.63) is 29.3 Å². The summed E-state index contributed by atoms with van der Waals surface area (Å²) in [5.41, 5.74) is 0.188. The Morgan fingerprint density at radius 1 is 1.50 bits per heavy atom. The van der Waals surface area contributed by atoms with E-state index in [2.05, 4.69) is 5.32 Å². The lowest BCUT2D eigenvalue weighted by Crippen LogP contribution is -2.18. The van der Waals surface area contributed by atoms with Crippen LogP contribution in [-0.4, -0.2) is 18.1 Å². The van der Waals surface area contributed by atoms with E-state index >= 15 is 0 Å². The van der Waals surface area contributed by atoms with Gasteiger partial charge >= 0.3 is 0 Å². The van der Waals surface area contributed by atoms with E-state index in [1.165, 1.54) is 19.2 Å². The van der Waals surface area contributed by atoms with E-state index in [0.717, 1.165) is 0 Å². The first-order valence-electron chi connectivity index (χ1n) is 4.69. The number of aromatic hydroxyl groups is 1. The fourth-order valence-corrected chi connectivity index (χ4v) is 1.64. The Kier molecular flexibility index (Phi) is 2.30. The summed E-state index contributed by atoms with van der Waals surface area (Å²) in [7, 11) is 1.48. The van der Waals surface area contributed by atoms with Crippen molar-refractivity contribution < 1.29 is 18.7 Å². The van der Waals surface area contributed by atoms with Gasteiger partial charge in [0.2, 0.25) is 5.82 Å². The van der Waals surface area contributed by atoms with Gasteiger partial charge in [-0.25, -0.2) is 0 Å². The molecule has 2 N–H and O–H groups in total. The number of carbonyl (C=O) groups is 1. The van der Waals surface area contributed by atoms with Crippen molar-refractivity contribution in [2.75, 3.05) is 7.05 Å². The minimum absolute atomic E-state index is 0.101. The Labute approximate surface area is 90.7 Å². The third kappa shape index (κ3) is 1.32. The number of fused-ring (bicyclic) bond motifs is 1. The predicted octanol–water partition coefficient (Wildman–Crippen LogP) is 1.95. The Bertz CT molecular complexity index is 574. The molecule has 5 heteroatoms. The average molecular weight is 223 g/mol. The van der Waals surface area contributed by atoms with Crippen molar-refractivity contribution in [1.29, 1.82) is 0 Å². The number of furan rings is 1. The molecule has 1 heterocycles. The Morgan fingerprint density at radius 3 is 2.81 bits per heavy atom. The number of carbonyl (C=O) groups excluding carboxylic acids is 1. The highest BCUT2D eigenvalue weighted by Crippen LogP contribution is 2.31. The van der Waals surface area contributed by atoms with Crippen LogP contribution in [0.4, 0.5) is 4.39 Å². The van der Waals surface area contributed by atoms with E-state index in [-0.39, 0.29) is 17.1 Å². The normalized spacial score (nSPS) is 10.7. The molecule has 1 aromatic heterocycles. The first-order chi connectivity index (χ1) is 7.56. The van der Waals surface area contributed by atoms with Crippen LogP contribution in [-0.2, 0) is 0 Å². The standard InChI is InChI=1S/C11H10FNO3/c1-5-8(11(15)13-2)6-3-4-7(14)9(12)10(6)16-5/h3-4,14H,1-2H3,(H,13,15). The molecule has 0 fully saturated rings. The molecule has 16 heavy (non-hydrogen) atoms. The first kappa shape index (κ1) is 10.5. The number of amides is 1. The highest BCUT2D eigenvalue weighted by atomic mass is 19.1. The van der Waals surface area contributed by atoms with Gasteiger partial charge in [0.25, 0.3) is 5.91 Å². The summed E-state index contributed by atoms with van der Waals surface area (Å²) in [5, 5.41) is 12.0. The van der Waals surface area contributed by atoms with Crippen LogP contribution >= 0.6 is 0 Å². The number of phenols is 1. The molecule has 84 valence electrons. The van der Waals surface area contributed by atoms with Gasteiger partial charge in [0.1, 0.15) is 5.76 Å². The predicted molar refractivity (Wildman–Crippen MR) is 56.0 cm³/mol. The van der Waals surface area contributed by atoms with Gasteiger partial charge in [0.15, 0.2) is 11.3 Å². The zero-order valence-electron chi connectivity index (χ0n) is 8.80. The number of rotatable bonds is 1. The summed E-state index contributed by atoms with van der Waals surface area (Å²) in [5.74, 6) is -1.37. The molecule has 0 spiro atoms. The molecule has 4 nitrogen and oxygen atoms in total. The molecular formula is C11H10FNO3. The zero-order chi connectivity index (χ0) is 11.9. The highest BCUT2D eigenvalue weighted by Gasteiger charge is 2.20. The number of halogens is 1. The Morgan fingerprint density at radius 2 is 2.19 bits per heavy atom. The summed E-state index contributed by atoms with van der Waals surface area (Å²) >= 11 is 0. The van der Waals surface area contributed by atoms with Gasteiger partial charge in [-0.1, -0.05) is 0 Å². The van der Waals surface area contributed by atoms with Crippen LogP contribution in [0.15, 0.2) is 16.5 Å². The van der Waals surface area contributed by atoms with Crippen LogP contribution in [0.1, 0.15) is 16.1 Å². The van der Waals surface area contributed by atoms with Crippen molar-refractivity contribution in [3.8, 4) is 5.75 Å². The van der Waals surface area contributed by atoms with Crippen molar-refractivity contribution in [2.45, 2.75) is 6.92 Å². The van der Waals surface area contributed by atoms with Gasteiger partial charge in [-0.05, 0) is 19.1 Å². The number of phenolic OH excluding ortho intramolecular Hbond substituents is 1. The molecule has 0 radical (unpaired) electrons. The molecule has 0 aliphatic heterocycles. The number of aryl methyl sites for hydroxylation is 1. The minimum Gasteiger partial charge on any atom is -0.505 e. The highest BCUT2D eigenvalue weighted by molar-refractivity contribution is 6.07. The van der Waals surface area contributed by atoms with Gasteiger partial charge in [-0.3, -0.25) is 4.79 Å². The molecule has 0 atom stereocenters. The van der Waals surface area contributed by atoms with Crippen LogP contribution in [0.5, 0.6) is 5.75 Å². The summed E-state index contributed by atoms with van der Waals surface area (Å²) in [4.78, 5) is 11.5. The topological polar surface area (TPSA) is 62.5 Å². The van der Waals surface area contributed by atoms with E-state index in [1.54, 1.807) is 6.92 Å². The van der Waals surface area contributed by atoms with E-state index in [0.29, 0.717) is 11.1 Å². The summed E-state index contributed by atoms with van der Waals surface area (Å²) in [6.45, 7) is 1.57. The van der Waals surface area contributed by atoms with Gasteiger partial charge in [0.05, 0.1) is 5.56 Å². The second-order valence-corrected chi connectivity index (χ2v) is 3.39. The van der Waals surface area contributed by atoms with Gasteiger partial charge in [-0.15, -0.1) is 0 Å². The molecule has 0 aliphatic rings. The van der Waals surface area contributed by atoms with Crippen molar-refractivity contribution in [1.82, 2.24) is 5.32 Å². The molecule has 0 aliphatic carbocycles. The molecular weight excluding hydrogens is 213 g/mol. The lowest BCUT2D eigenvalue weighted by Gasteiger charge is -1.98. The lowest BCUT2D eigenvalue weighted by atomic mass is 10.1. The third-order valence-corrected chi connectivity index (χ3v) is 2.41. The minimum atomic E-state index is -0.851. The van der Waals surface area contributed by atoms with Gasteiger partial charge < -0.3 is 14.8 Å². The maximum Gasteiger partial charge on any atom is 0.255 e. The van der Waals surface area contributed by atoms with Crippen molar-refractivity contribution >= 4 is 16.9 Å². The summed E-state index contributed by atoms with van der Waals surface area (Å²) in [6, 6.07) is 2.65. The molecule has 1 aromatic carbocycles. The monoisotopic (exact) mass is 223 g/mol. The van der Waals surface area contributed by atoms with E-state index in [9.17, 15) is 14.3 Å². The largest absolute Gasteiger partial charge is 0.505 e.